The summed E-state index contributed by atoms with van der Waals surface area (Å²) in [5.41, 5.74) is 4.02. The van der Waals surface area contributed by atoms with Gasteiger partial charge in [0, 0.05) is 11.7 Å². The Bertz CT molecular complexity index is 401. The van der Waals surface area contributed by atoms with Gasteiger partial charge in [-0.2, -0.15) is 0 Å². The predicted octanol–water partition coefficient (Wildman–Crippen LogP) is 5.18. The Morgan fingerprint density at radius 2 is 1.68 bits per heavy atom. The zero-order chi connectivity index (χ0) is 14.0. The Balaban J connectivity index is 2.13. The normalized spacial score (nSPS) is 27.6. The smallest absolute Gasteiger partial charge is 0.0347 e. The Hall–Kier alpha value is -0.980. The Morgan fingerprint density at radius 1 is 1.05 bits per heavy atom. The molecule has 0 saturated heterocycles. The van der Waals surface area contributed by atoms with Crippen molar-refractivity contribution in [1.29, 1.82) is 0 Å². The van der Waals surface area contributed by atoms with Crippen molar-refractivity contribution in [2.24, 2.45) is 17.8 Å². The molecule has 1 aliphatic carbocycles. The summed E-state index contributed by atoms with van der Waals surface area (Å²) in [7, 11) is 0. The van der Waals surface area contributed by atoms with Crippen LogP contribution in [0.1, 0.15) is 51.2 Å². The second kappa shape index (κ2) is 5.98. The fraction of sp³-hybridized carbons (Fsp3) is 0.667. The van der Waals surface area contributed by atoms with Crippen molar-refractivity contribution in [3.63, 3.8) is 0 Å². The molecule has 1 heteroatoms. The van der Waals surface area contributed by atoms with Crippen LogP contribution >= 0.6 is 0 Å². The summed E-state index contributed by atoms with van der Waals surface area (Å²) >= 11 is 0. The zero-order valence-electron chi connectivity index (χ0n) is 13.2. The van der Waals surface area contributed by atoms with Gasteiger partial charge in [-0.15, -0.1) is 0 Å². The molecule has 1 aromatic rings. The van der Waals surface area contributed by atoms with Crippen molar-refractivity contribution in [3.05, 3.63) is 29.3 Å². The average Bonchev–Trinajstić information content (AvgIpc) is 2.26. The molecule has 2 rings (SSSR count). The first kappa shape index (κ1) is 14.4. The third kappa shape index (κ3) is 3.75. The van der Waals surface area contributed by atoms with Crippen LogP contribution in [0.2, 0.25) is 0 Å². The van der Waals surface area contributed by atoms with Gasteiger partial charge in [-0.3, -0.25) is 0 Å². The van der Waals surface area contributed by atoms with Gasteiger partial charge in [0.15, 0.2) is 0 Å². The highest BCUT2D eigenvalue weighted by Crippen LogP contribution is 2.35. The van der Waals surface area contributed by atoms with E-state index in [1.54, 1.807) is 0 Å². The summed E-state index contributed by atoms with van der Waals surface area (Å²) in [6.07, 6.45) is 4.09. The van der Waals surface area contributed by atoms with Crippen molar-refractivity contribution >= 4 is 5.69 Å². The van der Waals surface area contributed by atoms with Gasteiger partial charge >= 0.3 is 0 Å². The van der Waals surface area contributed by atoms with Crippen LogP contribution in [0.3, 0.4) is 0 Å². The quantitative estimate of drug-likeness (QED) is 0.789. The molecule has 3 unspecified atom stereocenters. The van der Waals surface area contributed by atoms with E-state index in [1.165, 1.54) is 36.1 Å². The number of rotatable bonds is 3. The van der Waals surface area contributed by atoms with Gasteiger partial charge in [0.2, 0.25) is 0 Å². The Labute approximate surface area is 118 Å². The lowest BCUT2D eigenvalue weighted by Crippen LogP contribution is -2.37. The van der Waals surface area contributed by atoms with Crippen LogP contribution < -0.4 is 5.32 Å². The summed E-state index contributed by atoms with van der Waals surface area (Å²) in [5.74, 6) is 2.45. The van der Waals surface area contributed by atoms with E-state index in [4.69, 9.17) is 0 Å². The minimum atomic E-state index is 0.643. The molecule has 19 heavy (non-hydrogen) atoms. The predicted molar refractivity (Wildman–Crippen MR) is 84.7 cm³/mol. The molecule has 0 aliphatic heterocycles. The molecule has 1 aromatic carbocycles. The number of aryl methyl sites for hydroxylation is 2. The van der Waals surface area contributed by atoms with Crippen molar-refractivity contribution < 1.29 is 0 Å². The topological polar surface area (TPSA) is 12.0 Å². The lowest BCUT2D eigenvalue weighted by molar-refractivity contribution is 0.212. The van der Waals surface area contributed by atoms with Crippen molar-refractivity contribution in [2.75, 3.05) is 5.32 Å². The maximum Gasteiger partial charge on any atom is 0.0347 e. The van der Waals surface area contributed by atoms with E-state index in [-0.39, 0.29) is 0 Å². The van der Waals surface area contributed by atoms with Crippen LogP contribution in [0, 0.1) is 31.6 Å². The van der Waals surface area contributed by atoms with Gasteiger partial charge in [-0.25, -0.2) is 0 Å². The first-order valence-electron chi connectivity index (χ1n) is 7.80. The first-order valence-corrected chi connectivity index (χ1v) is 7.80. The third-order valence-electron chi connectivity index (χ3n) is 4.60. The van der Waals surface area contributed by atoms with Crippen molar-refractivity contribution in [1.82, 2.24) is 0 Å². The van der Waals surface area contributed by atoms with Crippen LogP contribution in [0.15, 0.2) is 18.2 Å². The van der Waals surface area contributed by atoms with Crippen LogP contribution in [0.5, 0.6) is 0 Å². The fourth-order valence-electron chi connectivity index (χ4n) is 3.64. The van der Waals surface area contributed by atoms with E-state index in [0.717, 1.165) is 17.8 Å². The van der Waals surface area contributed by atoms with Crippen molar-refractivity contribution in [2.45, 2.75) is 59.9 Å². The van der Waals surface area contributed by atoms with E-state index < -0.39 is 0 Å². The molecule has 3 atom stereocenters. The summed E-state index contributed by atoms with van der Waals surface area (Å²) in [6.45, 7) is 11.5. The second-order valence-electron chi connectivity index (χ2n) is 6.95. The monoisotopic (exact) mass is 259 g/mol. The van der Waals surface area contributed by atoms with Crippen molar-refractivity contribution in [3.8, 4) is 0 Å². The summed E-state index contributed by atoms with van der Waals surface area (Å²) in [6, 6.07) is 7.45. The molecule has 0 spiro atoms. The lowest BCUT2D eigenvalue weighted by atomic mass is 9.74. The van der Waals surface area contributed by atoms with Crippen LogP contribution in [-0.4, -0.2) is 6.04 Å². The van der Waals surface area contributed by atoms with E-state index in [9.17, 15) is 0 Å². The average molecular weight is 259 g/mol. The van der Waals surface area contributed by atoms with Crippen LogP contribution in [0.4, 0.5) is 5.69 Å². The highest BCUT2D eigenvalue weighted by atomic mass is 14.9. The Kier molecular flexibility index (Phi) is 4.54. The second-order valence-corrected chi connectivity index (χ2v) is 6.95. The number of hydrogen-bond donors (Lipinski definition) is 1. The molecular weight excluding hydrogens is 230 g/mol. The molecule has 1 saturated carbocycles. The summed E-state index contributed by atoms with van der Waals surface area (Å²) in [5, 5.41) is 3.82. The minimum absolute atomic E-state index is 0.643. The van der Waals surface area contributed by atoms with Gasteiger partial charge in [0.05, 0.1) is 0 Å². The van der Waals surface area contributed by atoms with Gasteiger partial charge in [-0.1, -0.05) is 33.3 Å². The molecule has 1 N–H and O–H groups in total. The summed E-state index contributed by atoms with van der Waals surface area (Å²) < 4.78 is 0. The zero-order valence-corrected chi connectivity index (χ0v) is 13.2. The highest BCUT2D eigenvalue weighted by Gasteiger charge is 2.30. The third-order valence-corrected chi connectivity index (χ3v) is 4.60. The van der Waals surface area contributed by atoms with Gasteiger partial charge in [-0.05, 0) is 67.7 Å². The number of anilines is 1. The SMILES string of the molecule is Cc1cc(C)cc(NC2CC(C)CCC2C(C)C)c1. The van der Waals surface area contributed by atoms with Gasteiger partial charge in [0.1, 0.15) is 0 Å². The van der Waals surface area contributed by atoms with Crippen LogP contribution in [0.25, 0.3) is 0 Å². The van der Waals surface area contributed by atoms with Gasteiger partial charge in [0.25, 0.3) is 0 Å². The van der Waals surface area contributed by atoms with Gasteiger partial charge < -0.3 is 5.32 Å². The molecule has 0 bridgehead atoms. The number of hydrogen-bond acceptors (Lipinski definition) is 1. The maximum atomic E-state index is 3.82. The molecule has 1 aliphatic rings. The minimum Gasteiger partial charge on any atom is -0.382 e. The fourth-order valence-corrected chi connectivity index (χ4v) is 3.64. The molecule has 1 fully saturated rings. The molecule has 0 heterocycles. The van der Waals surface area contributed by atoms with E-state index in [1.807, 2.05) is 0 Å². The standard InChI is InChI=1S/C18H29N/c1-12(2)17-7-6-13(3)11-18(17)19-16-9-14(4)8-15(5)10-16/h8-10,12-13,17-19H,6-7,11H2,1-5H3. The first-order chi connectivity index (χ1) is 8.95. The van der Waals surface area contributed by atoms with Crippen LogP contribution in [-0.2, 0) is 0 Å². The number of benzene rings is 1. The molecular formula is C18H29N. The van der Waals surface area contributed by atoms with E-state index >= 15 is 0 Å². The van der Waals surface area contributed by atoms with E-state index in [0.29, 0.717) is 6.04 Å². The summed E-state index contributed by atoms with van der Waals surface area (Å²) in [4.78, 5) is 0. The lowest BCUT2D eigenvalue weighted by Gasteiger charge is -2.38. The highest BCUT2D eigenvalue weighted by molar-refractivity contribution is 5.49. The largest absolute Gasteiger partial charge is 0.382 e. The number of nitrogens with one attached hydrogen (secondary N) is 1. The Morgan fingerprint density at radius 3 is 2.26 bits per heavy atom. The molecule has 106 valence electrons. The molecule has 1 nitrogen and oxygen atoms in total. The molecule has 0 radical (unpaired) electrons. The molecule has 0 aromatic heterocycles. The maximum absolute atomic E-state index is 3.82. The molecule has 0 amide bonds. The van der Waals surface area contributed by atoms with E-state index in [2.05, 4.69) is 58.1 Å².